The van der Waals surface area contributed by atoms with Crippen molar-refractivity contribution in [3.05, 3.63) is 71.9 Å². The van der Waals surface area contributed by atoms with Crippen LogP contribution in [0.25, 0.3) is 27.0 Å². The molecule has 3 aromatic heterocycles. The zero-order valence-corrected chi connectivity index (χ0v) is 17.6. The highest BCUT2D eigenvalue weighted by atomic mass is 32.2. The maximum absolute atomic E-state index is 12.6. The van der Waals surface area contributed by atoms with Gasteiger partial charge >= 0.3 is 0 Å². The van der Waals surface area contributed by atoms with Gasteiger partial charge in [0.05, 0.1) is 18.2 Å². The van der Waals surface area contributed by atoms with Crippen LogP contribution in [0.1, 0.15) is 10.4 Å². The molecule has 5 rings (SSSR count). The minimum atomic E-state index is 0.0222. The number of Topliss-reactive ketones (excluding diaryl/α,β-unsaturated/α-hetero) is 1. The van der Waals surface area contributed by atoms with Crippen LogP contribution in [-0.4, -0.2) is 38.2 Å². The van der Waals surface area contributed by atoms with E-state index in [1.807, 2.05) is 22.6 Å². The summed E-state index contributed by atoms with van der Waals surface area (Å²) in [7, 11) is 1.60. The molecule has 0 unspecified atom stereocenters. The van der Waals surface area contributed by atoms with Gasteiger partial charge < -0.3 is 4.74 Å². The summed E-state index contributed by atoms with van der Waals surface area (Å²) in [5.74, 6) is 1.01. The summed E-state index contributed by atoms with van der Waals surface area (Å²) in [5.41, 5.74) is 3.60. The highest BCUT2D eigenvalue weighted by Gasteiger charge is 2.17. The first-order valence-electron chi connectivity index (χ1n) is 9.21. The minimum absolute atomic E-state index is 0.0222. The molecule has 0 atom stereocenters. The van der Waals surface area contributed by atoms with Gasteiger partial charge in [-0.3, -0.25) is 9.20 Å². The van der Waals surface area contributed by atoms with Gasteiger partial charge in [-0.25, -0.2) is 4.98 Å². The Morgan fingerprint density at radius 1 is 1.10 bits per heavy atom. The fourth-order valence-electron chi connectivity index (χ4n) is 3.24. The molecule has 30 heavy (non-hydrogen) atoms. The quantitative estimate of drug-likeness (QED) is 0.278. The topological polar surface area (TPSA) is 69.4 Å². The third-order valence-electron chi connectivity index (χ3n) is 4.78. The van der Waals surface area contributed by atoms with Crippen LogP contribution in [0.5, 0.6) is 5.75 Å². The van der Waals surface area contributed by atoms with Gasteiger partial charge in [-0.1, -0.05) is 42.1 Å². The summed E-state index contributed by atoms with van der Waals surface area (Å²) >= 11 is 2.94. The molecule has 3 heterocycles. The Morgan fingerprint density at radius 3 is 2.67 bits per heavy atom. The smallest absolute Gasteiger partial charge is 0.197 e. The van der Waals surface area contributed by atoms with Crippen LogP contribution in [-0.2, 0) is 0 Å². The molecule has 2 aromatic carbocycles. The maximum Gasteiger partial charge on any atom is 0.197 e. The Labute approximate surface area is 180 Å². The standard InChI is InChI=1S/C22H16N4O2S2/c1-28-16-9-7-15(8-10-16)18(27)12-30-22-25-24-20-19-17(14-5-3-2-4-6-14)11-29-21(19)23-13-26(20)22/h2-11,13H,12H2,1H3. The molecule has 0 fully saturated rings. The largest absolute Gasteiger partial charge is 0.497 e. The van der Waals surface area contributed by atoms with E-state index < -0.39 is 0 Å². The van der Waals surface area contributed by atoms with Gasteiger partial charge in [0.2, 0.25) is 0 Å². The number of thiophene rings is 1. The number of ether oxygens (including phenoxy) is 1. The second-order valence-corrected chi connectivity index (χ2v) is 8.36. The van der Waals surface area contributed by atoms with Crippen LogP contribution < -0.4 is 4.74 Å². The number of fused-ring (bicyclic) bond motifs is 3. The van der Waals surface area contributed by atoms with Crippen LogP contribution in [0.3, 0.4) is 0 Å². The van der Waals surface area contributed by atoms with Gasteiger partial charge in [0.1, 0.15) is 16.9 Å². The van der Waals surface area contributed by atoms with Crippen molar-refractivity contribution in [2.45, 2.75) is 5.16 Å². The number of hydrogen-bond acceptors (Lipinski definition) is 7. The van der Waals surface area contributed by atoms with Crippen molar-refractivity contribution in [2.75, 3.05) is 12.9 Å². The number of carbonyl (C=O) groups excluding carboxylic acids is 1. The molecule has 0 bridgehead atoms. The van der Waals surface area contributed by atoms with E-state index >= 15 is 0 Å². The number of carbonyl (C=O) groups is 1. The van der Waals surface area contributed by atoms with Crippen LogP contribution >= 0.6 is 23.1 Å². The van der Waals surface area contributed by atoms with Crippen LogP contribution in [0, 0.1) is 0 Å². The van der Waals surface area contributed by atoms with Crippen molar-refractivity contribution in [3.63, 3.8) is 0 Å². The molecule has 0 N–H and O–H groups in total. The first-order valence-corrected chi connectivity index (χ1v) is 11.1. The van der Waals surface area contributed by atoms with Crippen molar-refractivity contribution in [1.29, 1.82) is 0 Å². The molecule has 0 spiro atoms. The van der Waals surface area contributed by atoms with Crippen molar-refractivity contribution in [2.24, 2.45) is 0 Å². The van der Waals surface area contributed by atoms with Gasteiger partial charge in [0.25, 0.3) is 0 Å². The Morgan fingerprint density at radius 2 is 1.90 bits per heavy atom. The lowest BCUT2D eigenvalue weighted by molar-refractivity contribution is 0.102. The molecule has 148 valence electrons. The predicted octanol–water partition coefficient (Wildman–Crippen LogP) is 4.99. The summed E-state index contributed by atoms with van der Waals surface area (Å²) in [5, 5.41) is 12.5. The molecular weight excluding hydrogens is 416 g/mol. The van der Waals surface area contributed by atoms with Crippen molar-refractivity contribution >= 4 is 44.7 Å². The first kappa shape index (κ1) is 18.8. The van der Waals surface area contributed by atoms with Crippen LogP contribution in [0.4, 0.5) is 0 Å². The van der Waals surface area contributed by atoms with E-state index in [9.17, 15) is 4.79 Å². The number of methoxy groups -OCH3 is 1. The lowest BCUT2D eigenvalue weighted by Gasteiger charge is -2.03. The van der Waals surface area contributed by atoms with Gasteiger partial charge in [-0.15, -0.1) is 21.5 Å². The summed E-state index contributed by atoms with van der Waals surface area (Å²) in [4.78, 5) is 18.1. The number of benzene rings is 2. The fraction of sp³-hybridized carbons (Fsp3) is 0.0909. The second kappa shape index (κ2) is 7.89. The molecule has 0 aliphatic rings. The van der Waals surface area contributed by atoms with Crippen LogP contribution in [0.2, 0.25) is 0 Å². The Kier molecular flexibility index (Phi) is 4.94. The number of rotatable bonds is 6. The predicted molar refractivity (Wildman–Crippen MR) is 120 cm³/mol. The van der Waals surface area contributed by atoms with Gasteiger partial charge in [-0.2, -0.15) is 0 Å². The van der Waals surface area contributed by atoms with Crippen molar-refractivity contribution < 1.29 is 9.53 Å². The Hall–Kier alpha value is -3.23. The number of aromatic nitrogens is 4. The minimum Gasteiger partial charge on any atom is -0.497 e. The fourth-order valence-corrected chi connectivity index (χ4v) is 4.95. The Balaban J connectivity index is 1.45. The molecule has 0 aliphatic carbocycles. The summed E-state index contributed by atoms with van der Waals surface area (Å²) in [6.45, 7) is 0. The molecular formula is C22H16N4O2S2. The molecule has 0 saturated carbocycles. The average Bonchev–Trinajstić information content (AvgIpc) is 3.42. The molecule has 0 radical (unpaired) electrons. The van der Waals surface area contributed by atoms with E-state index in [0.717, 1.165) is 32.7 Å². The van der Waals surface area contributed by atoms with Gasteiger partial charge in [0, 0.05) is 16.5 Å². The van der Waals surface area contributed by atoms with E-state index in [1.165, 1.54) is 11.8 Å². The zero-order chi connectivity index (χ0) is 20.5. The highest BCUT2D eigenvalue weighted by Crippen LogP contribution is 2.35. The third kappa shape index (κ3) is 3.34. The molecule has 6 nitrogen and oxygen atoms in total. The van der Waals surface area contributed by atoms with E-state index in [0.29, 0.717) is 10.7 Å². The van der Waals surface area contributed by atoms with E-state index in [1.54, 1.807) is 49.0 Å². The third-order valence-corrected chi connectivity index (χ3v) is 6.61. The summed E-state index contributed by atoms with van der Waals surface area (Å²) < 4.78 is 7.00. The normalized spacial score (nSPS) is 11.2. The lowest BCUT2D eigenvalue weighted by Crippen LogP contribution is -2.03. The number of thioether (sulfide) groups is 1. The molecule has 0 amide bonds. The first-order chi connectivity index (χ1) is 14.7. The SMILES string of the molecule is COc1ccc(C(=O)CSc2nnc3c4c(-c5ccccc5)csc4ncn23)cc1. The molecule has 5 aromatic rings. The van der Waals surface area contributed by atoms with Gasteiger partial charge in [-0.05, 0) is 29.8 Å². The lowest BCUT2D eigenvalue weighted by atomic mass is 10.1. The van der Waals surface area contributed by atoms with E-state index in [2.05, 4.69) is 32.7 Å². The molecule has 0 saturated heterocycles. The second-order valence-electron chi connectivity index (χ2n) is 6.56. The Bertz CT molecular complexity index is 1340. The molecule has 0 aliphatic heterocycles. The summed E-state index contributed by atoms with van der Waals surface area (Å²) in [6.07, 6.45) is 1.73. The number of ketones is 1. The van der Waals surface area contributed by atoms with E-state index in [-0.39, 0.29) is 11.5 Å². The van der Waals surface area contributed by atoms with Gasteiger partial charge in [0.15, 0.2) is 16.6 Å². The van der Waals surface area contributed by atoms with Crippen molar-refractivity contribution in [3.8, 4) is 16.9 Å². The number of hydrogen-bond donors (Lipinski definition) is 0. The van der Waals surface area contributed by atoms with E-state index in [4.69, 9.17) is 4.74 Å². The summed E-state index contributed by atoms with van der Waals surface area (Å²) in [6, 6.07) is 17.3. The number of nitrogens with zero attached hydrogens (tertiary/aromatic N) is 4. The highest BCUT2D eigenvalue weighted by molar-refractivity contribution is 7.99. The average molecular weight is 433 g/mol. The maximum atomic E-state index is 12.6. The van der Waals surface area contributed by atoms with Crippen LogP contribution in [0.15, 0.2) is 71.5 Å². The van der Waals surface area contributed by atoms with Crippen molar-refractivity contribution in [1.82, 2.24) is 19.6 Å². The molecule has 8 heteroatoms. The monoisotopic (exact) mass is 432 g/mol. The zero-order valence-electron chi connectivity index (χ0n) is 16.0.